The zero-order chi connectivity index (χ0) is 32.8. The molecule has 4 heterocycles. The van der Waals surface area contributed by atoms with Crippen LogP contribution in [0.5, 0.6) is 0 Å². The predicted octanol–water partition coefficient (Wildman–Crippen LogP) is 4.34. The third-order valence-electron chi connectivity index (χ3n) is 11.1. The summed E-state index contributed by atoms with van der Waals surface area (Å²) >= 11 is 0. The Labute approximate surface area is 281 Å². The SMILES string of the molecule is CCc1ccc(CC(CC(=O)N2CCC(N3CCc4ccccc4NC3=O)CC2)C(=O)N2CCC(N3CCNCC3)CC2)cc1CC. The Kier molecular flexibility index (Phi) is 11.1. The molecular weight excluding hydrogens is 588 g/mol. The van der Waals surface area contributed by atoms with E-state index in [1.807, 2.05) is 32.9 Å². The Morgan fingerprint density at radius 1 is 0.809 bits per heavy atom. The fraction of sp³-hybridized carbons (Fsp3) is 0.605. The molecule has 2 aromatic rings. The smallest absolute Gasteiger partial charge is 0.322 e. The van der Waals surface area contributed by atoms with Gasteiger partial charge in [0.05, 0.1) is 5.92 Å². The Morgan fingerprint density at radius 2 is 1.49 bits per heavy atom. The predicted molar refractivity (Wildman–Crippen MR) is 187 cm³/mol. The topological polar surface area (TPSA) is 88.2 Å². The van der Waals surface area contributed by atoms with Gasteiger partial charge in [-0.1, -0.05) is 50.2 Å². The second kappa shape index (κ2) is 15.6. The summed E-state index contributed by atoms with van der Waals surface area (Å²) in [5, 5.41) is 6.54. The fourth-order valence-corrected chi connectivity index (χ4v) is 8.27. The molecule has 3 saturated heterocycles. The molecule has 1 unspecified atom stereocenters. The van der Waals surface area contributed by atoms with E-state index in [4.69, 9.17) is 0 Å². The van der Waals surface area contributed by atoms with Gasteiger partial charge in [-0.2, -0.15) is 0 Å². The van der Waals surface area contributed by atoms with E-state index in [0.29, 0.717) is 32.1 Å². The lowest BCUT2D eigenvalue weighted by Gasteiger charge is -2.41. The maximum Gasteiger partial charge on any atom is 0.322 e. The molecule has 4 aliphatic heterocycles. The van der Waals surface area contributed by atoms with Gasteiger partial charge in [-0.15, -0.1) is 0 Å². The minimum absolute atomic E-state index is 0.0494. The van der Waals surface area contributed by atoms with Crippen LogP contribution < -0.4 is 10.6 Å². The third kappa shape index (κ3) is 8.00. The number of piperazine rings is 1. The van der Waals surface area contributed by atoms with Crippen LogP contribution in [0.4, 0.5) is 10.5 Å². The molecule has 47 heavy (non-hydrogen) atoms. The van der Waals surface area contributed by atoms with Crippen LogP contribution in [0, 0.1) is 5.92 Å². The second-order valence-corrected chi connectivity index (χ2v) is 13.9. The number of likely N-dealkylation sites (tertiary alicyclic amines) is 2. The molecule has 0 radical (unpaired) electrons. The average Bonchev–Trinajstić information content (AvgIpc) is 3.29. The molecule has 9 heteroatoms. The Bertz CT molecular complexity index is 1390. The molecule has 4 amide bonds. The first-order valence-corrected chi connectivity index (χ1v) is 18.2. The number of amides is 4. The van der Waals surface area contributed by atoms with E-state index < -0.39 is 0 Å². The molecule has 0 aromatic heterocycles. The number of anilines is 1. The van der Waals surface area contributed by atoms with Crippen LogP contribution in [0.3, 0.4) is 0 Å². The molecule has 9 nitrogen and oxygen atoms in total. The van der Waals surface area contributed by atoms with E-state index in [2.05, 4.69) is 53.6 Å². The highest BCUT2D eigenvalue weighted by Crippen LogP contribution is 2.27. The maximum absolute atomic E-state index is 14.2. The monoisotopic (exact) mass is 642 g/mol. The lowest BCUT2D eigenvalue weighted by Crippen LogP contribution is -2.53. The van der Waals surface area contributed by atoms with Gasteiger partial charge in [-0.05, 0) is 79.7 Å². The Balaban J connectivity index is 1.09. The number of rotatable bonds is 9. The van der Waals surface area contributed by atoms with Crippen LogP contribution in [0.1, 0.15) is 68.2 Å². The summed E-state index contributed by atoms with van der Waals surface area (Å²) in [7, 11) is 0. The van der Waals surface area contributed by atoms with Crippen LogP contribution in [-0.2, 0) is 35.3 Å². The van der Waals surface area contributed by atoms with Crippen LogP contribution in [0.25, 0.3) is 0 Å². The molecule has 254 valence electrons. The van der Waals surface area contributed by atoms with Gasteiger partial charge in [0.1, 0.15) is 0 Å². The quantitative estimate of drug-likeness (QED) is 0.425. The molecule has 2 N–H and O–H groups in total. The van der Waals surface area contributed by atoms with Crippen molar-refractivity contribution in [3.63, 3.8) is 0 Å². The van der Waals surface area contributed by atoms with E-state index in [1.54, 1.807) is 0 Å². The van der Waals surface area contributed by atoms with Gasteiger partial charge in [0.15, 0.2) is 0 Å². The van der Waals surface area contributed by atoms with E-state index in [9.17, 15) is 14.4 Å². The zero-order valence-electron chi connectivity index (χ0n) is 28.5. The summed E-state index contributed by atoms with van der Waals surface area (Å²) < 4.78 is 0. The molecule has 6 rings (SSSR count). The highest BCUT2D eigenvalue weighted by molar-refractivity contribution is 5.91. The van der Waals surface area contributed by atoms with Crippen molar-refractivity contribution in [1.82, 2.24) is 24.9 Å². The van der Waals surface area contributed by atoms with E-state index in [0.717, 1.165) is 101 Å². The van der Waals surface area contributed by atoms with Crippen molar-refractivity contribution in [2.24, 2.45) is 5.92 Å². The van der Waals surface area contributed by atoms with Crippen molar-refractivity contribution >= 4 is 23.5 Å². The lowest BCUT2D eigenvalue weighted by molar-refractivity contribution is -0.143. The van der Waals surface area contributed by atoms with E-state index in [-0.39, 0.29) is 36.2 Å². The van der Waals surface area contributed by atoms with Crippen LogP contribution in [-0.4, -0.2) is 108 Å². The van der Waals surface area contributed by atoms with Crippen molar-refractivity contribution in [3.05, 3.63) is 64.7 Å². The first-order chi connectivity index (χ1) is 22.9. The van der Waals surface area contributed by atoms with E-state index >= 15 is 0 Å². The first-order valence-electron chi connectivity index (χ1n) is 18.2. The van der Waals surface area contributed by atoms with E-state index in [1.165, 1.54) is 11.1 Å². The summed E-state index contributed by atoms with van der Waals surface area (Å²) in [4.78, 5) is 49.7. The highest BCUT2D eigenvalue weighted by atomic mass is 16.2. The summed E-state index contributed by atoms with van der Waals surface area (Å²) in [6.07, 6.45) is 7.11. The molecule has 0 spiro atoms. The fourth-order valence-electron chi connectivity index (χ4n) is 8.27. The third-order valence-corrected chi connectivity index (χ3v) is 11.1. The summed E-state index contributed by atoms with van der Waals surface area (Å²) in [5.74, 6) is -0.181. The van der Waals surface area contributed by atoms with Gasteiger partial charge in [0.2, 0.25) is 11.8 Å². The first kappa shape index (κ1) is 33.5. The average molecular weight is 643 g/mol. The molecule has 3 fully saturated rings. The minimum atomic E-state index is -0.372. The number of benzene rings is 2. The molecule has 0 aliphatic carbocycles. The number of nitrogens with one attached hydrogen (secondary N) is 2. The molecule has 4 aliphatic rings. The zero-order valence-corrected chi connectivity index (χ0v) is 28.5. The van der Waals surface area contributed by atoms with Crippen LogP contribution in [0.2, 0.25) is 0 Å². The second-order valence-electron chi connectivity index (χ2n) is 13.9. The highest BCUT2D eigenvalue weighted by Gasteiger charge is 2.35. The number of carbonyl (C=O) groups excluding carboxylic acids is 3. The molecule has 1 atom stereocenters. The number of nitrogens with zero attached hydrogens (tertiary/aromatic N) is 4. The summed E-state index contributed by atoms with van der Waals surface area (Å²) in [6.45, 7) is 12.0. The maximum atomic E-state index is 14.2. The number of hydrogen-bond donors (Lipinski definition) is 2. The minimum Gasteiger partial charge on any atom is -0.343 e. The van der Waals surface area contributed by atoms with Gasteiger partial charge in [-0.25, -0.2) is 4.79 Å². The molecular formula is C38H54N6O3. The number of urea groups is 1. The van der Waals surface area contributed by atoms with Gasteiger partial charge >= 0.3 is 6.03 Å². The number of piperidine rings is 2. The van der Waals surface area contributed by atoms with Crippen molar-refractivity contribution in [2.45, 2.75) is 83.7 Å². The van der Waals surface area contributed by atoms with Crippen LogP contribution >= 0.6 is 0 Å². The van der Waals surface area contributed by atoms with Crippen molar-refractivity contribution in [3.8, 4) is 0 Å². The largest absolute Gasteiger partial charge is 0.343 e. The normalized spacial score (nSPS) is 20.8. The summed E-state index contributed by atoms with van der Waals surface area (Å²) in [6, 6.07) is 15.2. The number of para-hydroxylation sites is 1. The number of hydrogen-bond acceptors (Lipinski definition) is 5. The van der Waals surface area contributed by atoms with Crippen LogP contribution in [0.15, 0.2) is 42.5 Å². The van der Waals surface area contributed by atoms with Gasteiger partial charge in [0, 0.05) is 83.1 Å². The Hall–Kier alpha value is -3.43. The number of carbonyl (C=O) groups is 3. The van der Waals surface area contributed by atoms with Crippen molar-refractivity contribution in [2.75, 3.05) is 64.2 Å². The van der Waals surface area contributed by atoms with Gasteiger partial charge < -0.3 is 25.3 Å². The molecule has 2 aromatic carbocycles. The lowest BCUT2D eigenvalue weighted by atomic mass is 9.90. The molecule has 0 saturated carbocycles. The standard InChI is InChI=1S/C38H54N6O3/c1-3-29-10-9-28(25-30(29)4-2)26-32(37(46)43-20-12-33(13-21-43)41-23-16-39-17-24-41)27-36(45)42-18-14-34(15-19-42)44-22-11-31-7-5-6-8-35(31)40-38(44)47/h5-10,25,32-34,39H,3-4,11-24,26-27H2,1-2H3,(H,40,47). The van der Waals surface area contributed by atoms with Crippen molar-refractivity contribution < 1.29 is 14.4 Å². The van der Waals surface area contributed by atoms with Gasteiger partial charge in [-0.3, -0.25) is 14.5 Å². The van der Waals surface area contributed by atoms with Crippen molar-refractivity contribution in [1.29, 1.82) is 0 Å². The number of fused-ring (bicyclic) bond motifs is 1. The summed E-state index contributed by atoms with van der Waals surface area (Å²) in [5.41, 5.74) is 5.90. The number of aryl methyl sites for hydroxylation is 2. The molecule has 0 bridgehead atoms. The van der Waals surface area contributed by atoms with Gasteiger partial charge in [0.25, 0.3) is 0 Å². The Morgan fingerprint density at radius 3 is 2.21 bits per heavy atom.